The molecule has 1 aromatic rings. The molecule has 1 aromatic heterocycles. The zero-order chi connectivity index (χ0) is 11.4. The molecule has 0 amide bonds. The van der Waals surface area contributed by atoms with Gasteiger partial charge in [-0.3, -0.25) is 4.98 Å². The molecule has 0 atom stereocenters. The Morgan fingerprint density at radius 1 is 1.31 bits per heavy atom. The first-order valence-electron chi connectivity index (χ1n) is 5.75. The molecule has 0 aliphatic heterocycles. The van der Waals surface area contributed by atoms with Crippen LogP contribution in [-0.4, -0.2) is 4.98 Å². The predicted molar refractivity (Wildman–Crippen MR) is 66.8 cm³/mol. The Hall–Kier alpha value is -0.880. The molecule has 0 saturated heterocycles. The Morgan fingerprint density at radius 2 is 2.06 bits per heavy atom. The third-order valence-corrected chi connectivity index (χ3v) is 3.79. The summed E-state index contributed by atoms with van der Waals surface area (Å²) in [6.07, 6.45) is 10.2. The number of halogens is 1. The van der Waals surface area contributed by atoms with E-state index in [1.807, 2.05) is 6.20 Å². The van der Waals surface area contributed by atoms with Crippen molar-refractivity contribution in [2.75, 3.05) is 0 Å². The average molecular weight is 279 g/mol. The predicted octanol–water partition coefficient (Wildman–Crippen LogP) is 3.86. The second-order valence-corrected chi connectivity index (χ2v) is 5.56. The van der Waals surface area contributed by atoms with Crippen molar-refractivity contribution in [3.63, 3.8) is 0 Å². The lowest BCUT2D eigenvalue weighted by molar-refractivity contribution is 0.265. The molecule has 1 aliphatic carbocycles. The summed E-state index contributed by atoms with van der Waals surface area (Å²) in [5.74, 6) is 0. The minimum absolute atomic E-state index is 0.138. The van der Waals surface area contributed by atoms with Crippen LogP contribution >= 0.6 is 15.9 Å². The van der Waals surface area contributed by atoms with Crippen LogP contribution in [0.5, 0.6) is 0 Å². The van der Waals surface area contributed by atoms with Crippen molar-refractivity contribution in [3.05, 3.63) is 28.5 Å². The molecule has 1 heterocycles. The van der Waals surface area contributed by atoms with Gasteiger partial charge in [-0.25, -0.2) is 0 Å². The van der Waals surface area contributed by atoms with Gasteiger partial charge >= 0.3 is 0 Å². The Labute approximate surface area is 105 Å². The van der Waals surface area contributed by atoms with Crippen molar-refractivity contribution in [2.24, 2.45) is 5.41 Å². The summed E-state index contributed by atoms with van der Waals surface area (Å²) in [6.45, 7) is 0. The van der Waals surface area contributed by atoms with E-state index in [4.69, 9.17) is 0 Å². The number of nitrogens with zero attached hydrogens (tertiary/aromatic N) is 2. The van der Waals surface area contributed by atoms with Gasteiger partial charge in [0.1, 0.15) is 0 Å². The molecule has 2 rings (SSSR count). The average Bonchev–Trinajstić information content (AvgIpc) is 2.30. The monoisotopic (exact) mass is 278 g/mol. The highest BCUT2D eigenvalue weighted by Gasteiger charge is 2.32. The molecule has 2 nitrogen and oxygen atoms in total. The molecule has 0 bridgehead atoms. The van der Waals surface area contributed by atoms with Crippen LogP contribution in [0, 0.1) is 16.7 Å². The first-order valence-corrected chi connectivity index (χ1v) is 6.54. The summed E-state index contributed by atoms with van der Waals surface area (Å²) >= 11 is 3.42. The number of hydrogen-bond donors (Lipinski definition) is 0. The van der Waals surface area contributed by atoms with E-state index in [9.17, 15) is 5.26 Å². The number of aromatic nitrogens is 1. The smallest absolute Gasteiger partial charge is 0.0693 e. The number of rotatable bonds is 2. The molecule has 0 N–H and O–H groups in total. The lowest BCUT2D eigenvalue weighted by atomic mass is 9.72. The summed E-state index contributed by atoms with van der Waals surface area (Å²) in [6, 6.07) is 4.61. The second-order valence-electron chi connectivity index (χ2n) is 4.64. The number of nitriles is 1. The van der Waals surface area contributed by atoms with E-state index in [1.54, 1.807) is 6.20 Å². The van der Waals surface area contributed by atoms with E-state index in [2.05, 4.69) is 33.0 Å². The molecule has 0 unspecified atom stereocenters. The molecular weight excluding hydrogens is 264 g/mol. The zero-order valence-electron chi connectivity index (χ0n) is 9.25. The summed E-state index contributed by atoms with van der Waals surface area (Å²) < 4.78 is 0.994. The highest BCUT2D eigenvalue weighted by atomic mass is 79.9. The second kappa shape index (κ2) is 4.97. The maximum Gasteiger partial charge on any atom is 0.0693 e. The number of pyridine rings is 1. The molecule has 16 heavy (non-hydrogen) atoms. The van der Waals surface area contributed by atoms with Crippen LogP contribution in [0.15, 0.2) is 22.9 Å². The van der Waals surface area contributed by atoms with E-state index in [1.165, 1.54) is 19.3 Å². The molecule has 0 spiro atoms. The SMILES string of the molecule is N#CC1(Cc2cncc(Br)c2)CCCCC1. The maximum absolute atomic E-state index is 9.39. The Balaban J connectivity index is 2.15. The molecule has 1 fully saturated rings. The third kappa shape index (κ3) is 2.62. The van der Waals surface area contributed by atoms with Crippen LogP contribution < -0.4 is 0 Å². The van der Waals surface area contributed by atoms with E-state index in [0.717, 1.165) is 29.3 Å². The summed E-state index contributed by atoms with van der Waals surface area (Å²) in [7, 11) is 0. The summed E-state index contributed by atoms with van der Waals surface area (Å²) in [5.41, 5.74) is 1.03. The van der Waals surface area contributed by atoms with Crippen molar-refractivity contribution < 1.29 is 0 Å². The van der Waals surface area contributed by atoms with E-state index < -0.39 is 0 Å². The fraction of sp³-hybridized carbons (Fsp3) is 0.538. The van der Waals surface area contributed by atoms with Gasteiger partial charge in [0.05, 0.1) is 11.5 Å². The summed E-state index contributed by atoms with van der Waals surface area (Å²) in [5, 5.41) is 9.39. The highest BCUT2D eigenvalue weighted by molar-refractivity contribution is 9.10. The van der Waals surface area contributed by atoms with E-state index in [-0.39, 0.29) is 5.41 Å². The van der Waals surface area contributed by atoms with Crippen molar-refractivity contribution in [1.82, 2.24) is 4.98 Å². The number of hydrogen-bond acceptors (Lipinski definition) is 2. The van der Waals surface area contributed by atoms with Crippen molar-refractivity contribution in [1.29, 1.82) is 5.26 Å². The van der Waals surface area contributed by atoms with Crippen LogP contribution in [0.4, 0.5) is 0 Å². The minimum atomic E-state index is -0.138. The van der Waals surface area contributed by atoms with Gasteiger partial charge in [0.15, 0.2) is 0 Å². The third-order valence-electron chi connectivity index (χ3n) is 3.35. The molecule has 0 aromatic carbocycles. The van der Waals surface area contributed by atoms with Crippen molar-refractivity contribution in [3.8, 4) is 6.07 Å². The van der Waals surface area contributed by atoms with Gasteiger partial charge in [-0.15, -0.1) is 0 Å². The molecular formula is C13H15BrN2. The molecule has 0 radical (unpaired) electrons. The van der Waals surface area contributed by atoms with Gasteiger partial charge < -0.3 is 0 Å². The lowest BCUT2D eigenvalue weighted by Gasteiger charge is -2.30. The van der Waals surface area contributed by atoms with Crippen LogP contribution in [0.2, 0.25) is 0 Å². The normalized spacial score (nSPS) is 19.0. The van der Waals surface area contributed by atoms with Gasteiger partial charge in [-0.2, -0.15) is 5.26 Å². The quantitative estimate of drug-likeness (QED) is 0.824. The minimum Gasteiger partial charge on any atom is -0.263 e. The maximum atomic E-state index is 9.39. The van der Waals surface area contributed by atoms with Crippen molar-refractivity contribution >= 4 is 15.9 Å². The fourth-order valence-electron chi connectivity index (χ4n) is 2.50. The zero-order valence-corrected chi connectivity index (χ0v) is 10.8. The van der Waals surface area contributed by atoms with Crippen LogP contribution in [0.1, 0.15) is 37.7 Å². The molecule has 1 aliphatic rings. The Kier molecular flexibility index (Phi) is 3.60. The van der Waals surface area contributed by atoms with Crippen LogP contribution in [0.25, 0.3) is 0 Å². The van der Waals surface area contributed by atoms with Gasteiger partial charge in [0.25, 0.3) is 0 Å². The fourth-order valence-corrected chi connectivity index (χ4v) is 2.91. The van der Waals surface area contributed by atoms with Crippen LogP contribution in [0.3, 0.4) is 0 Å². The van der Waals surface area contributed by atoms with Gasteiger partial charge in [0.2, 0.25) is 0 Å². The Bertz CT molecular complexity index is 403. The highest BCUT2D eigenvalue weighted by Crippen LogP contribution is 2.38. The first-order chi connectivity index (χ1) is 7.74. The first kappa shape index (κ1) is 11.6. The topological polar surface area (TPSA) is 36.7 Å². The van der Waals surface area contributed by atoms with E-state index in [0.29, 0.717) is 0 Å². The Morgan fingerprint density at radius 3 is 2.69 bits per heavy atom. The van der Waals surface area contributed by atoms with Gasteiger partial charge in [-0.05, 0) is 46.8 Å². The molecule has 84 valence electrons. The van der Waals surface area contributed by atoms with Crippen LogP contribution in [-0.2, 0) is 6.42 Å². The van der Waals surface area contributed by atoms with E-state index >= 15 is 0 Å². The largest absolute Gasteiger partial charge is 0.263 e. The van der Waals surface area contributed by atoms with Gasteiger partial charge in [-0.1, -0.05) is 19.3 Å². The van der Waals surface area contributed by atoms with Gasteiger partial charge in [0, 0.05) is 16.9 Å². The summed E-state index contributed by atoms with van der Waals surface area (Å²) in [4.78, 5) is 4.16. The molecule has 3 heteroatoms. The van der Waals surface area contributed by atoms with Crippen molar-refractivity contribution in [2.45, 2.75) is 38.5 Å². The molecule has 1 saturated carbocycles. The standard InChI is InChI=1S/C13H15BrN2/c14-12-6-11(8-16-9-12)7-13(10-15)4-2-1-3-5-13/h6,8-9H,1-5,7H2. The lowest BCUT2D eigenvalue weighted by Crippen LogP contribution is -2.24.